The highest BCUT2D eigenvalue weighted by atomic mass is 19.1. The molecule has 2 rings (SSSR count). The molecule has 1 unspecified atom stereocenters. The second-order valence-electron chi connectivity index (χ2n) is 4.57. The molecule has 0 fully saturated rings. The number of nitrogens with zero attached hydrogens (tertiary/aromatic N) is 1. The summed E-state index contributed by atoms with van der Waals surface area (Å²) in [5, 5.41) is 0. The number of nitrogens with two attached hydrogens (primary N) is 1. The monoisotopic (exact) mass is 276 g/mol. The van der Waals surface area contributed by atoms with E-state index >= 15 is 0 Å². The number of halogens is 2. The van der Waals surface area contributed by atoms with E-state index in [-0.39, 0.29) is 17.7 Å². The van der Waals surface area contributed by atoms with Gasteiger partial charge in [0.05, 0.1) is 6.04 Å². The molecule has 20 heavy (non-hydrogen) atoms. The lowest BCUT2D eigenvalue weighted by molar-refractivity contribution is 0.602. The predicted octanol–water partition coefficient (Wildman–Crippen LogP) is 3.49. The lowest BCUT2D eigenvalue weighted by atomic mass is 10.0. The van der Waals surface area contributed by atoms with Gasteiger partial charge in [0.2, 0.25) is 0 Å². The third-order valence-corrected chi connectivity index (χ3v) is 3.31. The highest BCUT2D eigenvalue weighted by molar-refractivity contribution is 5.49. The Morgan fingerprint density at radius 2 is 1.70 bits per heavy atom. The summed E-state index contributed by atoms with van der Waals surface area (Å²) >= 11 is 0. The zero-order valence-corrected chi connectivity index (χ0v) is 11.4. The van der Waals surface area contributed by atoms with Crippen LogP contribution in [-0.2, 0) is 0 Å². The standard InChI is InChI=1S/C16H18F2N2/c1-2-20(15-8-4-7-14(18)10-15)16(11-19)12-5-3-6-13(17)9-12/h3-10,16H,2,11,19H2,1H3. The van der Waals surface area contributed by atoms with Crippen molar-refractivity contribution in [3.63, 3.8) is 0 Å². The van der Waals surface area contributed by atoms with Crippen molar-refractivity contribution >= 4 is 5.69 Å². The Morgan fingerprint density at radius 3 is 2.25 bits per heavy atom. The van der Waals surface area contributed by atoms with Crippen LogP contribution in [0.3, 0.4) is 0 Å². The van der Waals surface area contributed by atoms with Crippen molar-refractivity contribution in [3.05, 3.63) is 65.7 Å². The van der Waals surface area contributed by atoms with Crippen molar-refractivity contribution in [1.29, 1.82) is 0 Å². The summed E-state index contributed by atoms with van der Waals surface area (Å²) in [6.07, 6.45) is 0. The van der Waals surface area contributed by atoms with Crippen LogP contribution in [0.1, 0.15) is 18.5 Å². The van der Waals surface area contributed by atoms with E-state index in [0.29, 0.717) is 13.1 Å². The second kappa shape index (κ2) is 6.48. The van der Waals surface area contributed by atoms with E-state index in [1.54, 1.807) is 12.1 Å². The molecule has 106 valence electrons. The van der Waals surface area contributed by atoms with Crippen LogP contribution in [0.5, 0.6) is 0 Å². The van der Waals surface area contributed by atoms with Gasteiger partial charge in [-0.15, -0.1) is 0 Å². The number of rotatable bonds is 5. The van der Waals surface area contributed by atoms with E-state index in [0.717, 1.165) is 11.3 Å². The molecular weight excluding hydrogens is 258 g/mol. The highest BCUT2D eigenvalue weighted by Gasteiger charge is 2.19. The van der Waals surface area contributed by atoms with Gasteiger partial charge in [-0.3, -0.25) is 0 Å². The normalized spacial score (nSPS) is 12.2. The van der Waals surface area contributed by atoms with Crippen molar-refractivity contribution < 1.29 is 8.78 Å². The fourth-order valence-electron chi connectivity index (χ4n) is 2.39. The van der Waals surface area contributed by atoms with E-state index < -0.39 is 0 Å². The fourth-order valence-corrected chi connectivity index (χ4v) is 2.39. The molecule has 0 saturated carbocycles. The summed E-state index contributed by atoms with van der Waals surface area (Å²) in [5.74, 6) is -0.591. The Balaban J connectivity index is 2.37. The molecule has 0 aliphatic carbocycles. The average molecular weight is 276 g/mol. The number of hydrogen-bond acceptors (Lipinski definition) is 2. The van der Waals surface area contributed by atoms with Gasteiger partial charge in [-0.05, 0) is 42.8 Å². The number of likely N-dealkylation sites (N-methyl/N-ethyl adjacent to an activating group) is 1. The molecule has 0 saturated heterocycles. The Morgan fingerprint density at radius 1 is 1.05 bits per heavy atom. The van der Waals surface area contributed by atoms with Gasteiger partial charge in [0, 0.05) is 18.8 Å². The Hall–Kier alpha value is -1.94. The van der Waals surface area contributed by atoms with Crippen molar-refractivity contribution in [2.24, 2.45) is 5.73 Å². The number of anilines is 1. The topological polar surface area (TPSA) is 29.3 Å². The third-order valence-electron chi connectivity index (χ3n) is 3.31. The average Bonchev–Trinajstić information content (AvgIpc) is 2.44. The van der Waals surface area contributed by atoms with Gasteiger partial charge in [0.1, 0.15) is 11.6 Å². The molecule has 2 aromatic carbocycles. The van der Waals surface area contributed by atoms with Gasteiger partial charge in [0.25, 0.3) is 0 Å². The largest absolute Gasteiger partial charge is 0.363 e. The minimum absolute atomic E-state index is 0.183. The lowest BCUT2D eigenvalue weighted by Crippen LogP contribution is -2.33. The summed E-state index contributed by atoms with van der Waals surface area (Å²) in [7, 11) is 0. The molecule has 0 radical (unpaired) electrons. The summed E-state index contributed by atoms with van der Waals surface area (Å²) in [5.41, 5.74) is 7.38. The highest BCUT2D eigenvalue weighted by Crippen LogP contribution is 2.27. The Kier molecular flexibility index (Phi) is 4.69. The second-order valence-corrected chi connectivity index (χ2v) is 4.57. The van der Waals surface area contributed by atoms with Crippen LogP contribution in [0.4, 0.5) is 14.5 Å². The molecule has 0 bridgehead atoms. The molecule has 4 heteroatoms. The van der Waals surface area contributed by atoms with Gasteiger partial charge in [0.15, 0.2) is 0 Å². The molecular formula is C16H18F2N2. The van der Waals surface area contributed by atoms with E-state index in [2.05, 4.69) is 0 Å². The molecule has 2 N–H and O–H groups in total. The summed E-state index contributed by atoms with van der Waals surface area (Å²) < 4.78 is 26.8. The smallest absolute Gasteiger partial charge is 0.125 e. The van der Waals surface area contributed by atoms with Crippen molar-refractivity contribution in [2.75, 3.05) is 18.0 Å². The zero-order valence-electron chi connectivity index (χ0n) is 11.4. The first kappa shape index (κ1) is 14.5. The van der Waals surface area contributed by atoms with Crippen LogP contribution < -0.4 is 10.6 Å². The fraction of sp³-hybridized carbons (Fsp3) is 0.250. The first-order valence-electron chi connectivity index (χ1n) is 6.63. The first-order chi connectivity index (χ1) is 9.65. The van der Waals surface area contributed by atoms with Crippen molar-refractivity contribution in [1.82, 2.24) is 0 Å². The van der Waals surface area contributed by atoms with Crippen LogP contribution in [0.25, 0.3) is 0 Å². The molecule has 0 aliphatic heterocycles. The minimum atomic E-state index is -0.295. The Labute approximate surface area is 117 Å². The maximum Gasteiger partial charge on any atom is 0.125 e. The van der Waals surface area contributed by atoms with Crippen molar-refractivity contribution in [2.45, 2.75) is 13.0 Å². The zero-order chi connectivity index (χ0) is 14.5. The lowest BCUT2D eigenvalue weighted by Gasteiger charge is -2.32. The van der Waals surface area contributed by atoms with Crippen LogP contribution in [0.2, 0.25) is 0 Å². The van der Waals surface area contributed by atoms with Gasteiger partial charge >= 0.3 is 0 Å². The number of hydrogen-bond donors (Lipinski definition) is 1. The van der Waals surface area contributed by atoms with Crippen LogP contribution >= 0.6 is 0 Å². The quantitative estimate of drug-likeness (QED) is 0.905. The molecule has 0 aromatic heterocycles. The van der Waals surface area contributed by atoms with E-state index in [1.165, 1.54) is 24.3 Å². The molecule has 2 nitrogen and oxygen atoms in total. The predicted molar refractivity (Wildman–Crippen MR) is 77.6 cm³/mol. The van der Waals surface area contributed by atoms with Gasteiger partial charge in [-0.25, -0.2) is 8.78 Å². The molecule has 2 aromatic rings. The summed E-state index contributed by atoms with van der Waals surface area (Å²) in [6, 6.07) is 12.5. The SMILES string of the molecule is CCN(c1cccc(F)c1)C(CN)c1cccc(F)c1. The van der Waals surface area contributed by atoms with Crippen molar-refractivity contribution in [3.8, 4) is 0 Å². The van der Waals surface area contributed by atoms with Crippen LogP contribution in [0.15, 0.2) is 48.5 Å². The van der Waals surface area contributed by atoms with E-state index in [9.17, 15) is 8.78 Å². The maximum absolute atomic E-state index is 13.4. The summed E-state index contributed by atoms with van der Waals surface area (Å²) in [6.45, 7) is 2.95. The van der Waals surface area contributed by atoms with Gasteiger partial charge in [-0.1, -0.05) is 18.2 Å². The molecule has 0 aliphatic rings. The third kappa shape index (κ3) is 3.14. The van der Waals surface area contributed by atoms with Crippen LogP contribution in [0, 0.1) is 11.6 Å². The number of benzene rings is 2. The Bertz CT molecular complexity index is 520. The van der Waals surface area contributed by atoms with Gasteiger partial charge < -0.3 is 10.6 Å². The summed E-state index contributed by atoms with van der Waals surface area (Å²) in [4.78, 5) is 1.97. The first-order valence-corrected chi connectivity index (χ1v) is 6.63. The minimum Gasteiger partial charge on any atom is -0.363 e. The molecule has 0 amide bonds. The maximum atomic E-state index is 13.4. The van der Waals surface area contributed by atoms with E-state index in [1.807, 2.05) is 24.0 Å². The van der Waals surface area contributed by atoms with Crippen LogP contribution in [-0.4, -0.2) is 13.1 Å². The molecule has 1 atom stereocenters. The van der Waals surface area contributed by atoms with Gasteiger partial charge in [-0.2, -0.15) is 0 Å². The van der Waals surface area contributed by atoms with E-state index in [4.69, 9.17) is 5.73 Å². The molecule has 0 heterocycles. The molecule has 0 spiro atoms.